The first-order valence-corrected chi connectivity index (χ1v) is 7.73. The number of aromatic nitrogens is 2. The lowest BCUT2D eigenvalue weighted by molar-refractivity contribution is -0.384. The second-order valence-corrected chi connectivity index (χ2v) is 6.31. The van der Waals surface area contributed by atoms with Gasteiger partial charge in [-0.15, -0.1) is 0 Å². The smallest absolute Gasteiger partial charge is 0.268 e. The van der Waals surface area contributed by atoms with Gasteiger partial charge in [0.2, 0.25) is 0 Å². The van der Waals surface area contributed by atoms with Gasteiger partial charge in [-0.2, -0.15) is 26.3 Å². The molecule has 1 heterocycles. The lowest BCUT2D eigenvalue weighted by atomic mass is 10.1. The molecule has 14 heteroatoms. The van der Waals surface area contributed by atoms with Crippen molar-refractivity contribution in [3.63, 3.8) is 0 Å². The number of rotatable bonds is 2. The van der Waals surface area contributed by atoms with Crippen molar-refractivity contribution in [2.75, 3.05) is 0 Å². The van der Waals surface area contributed by atoms with Gasteiger partial charge >= 0.3 is 12.4 Å². The average molecular weight is 511 g/mol. The van der Waals surface area contributed by atoms with Gasteiger partial charge in [0.25, 0.3) is 11.2 Å². The van der Waals surface area contributed by atoms with Crippen LogP contribution in [0.15, 0.2) is 32.2 Å². The fourth-order valence-electron chi connectivity index (χ4n) is 1.91. The van der Waals surface area contributed by atoms with E-state index in [0.717, 1.165) is 0 Å². The van der Waals surface area contributed by atoms with Gasteiger partial charge < -0.3 is 0 Å². The Balaban J connectivity index is 2.84. The fraction of sp³-hybridized carbons (Fsp3) is 0.167. The highest BCUT2D eigenvalue weighted by molar-refractivity contribution is 9.10. The summed E-state index contributed by atoms with van der Waals surface area (Å²) in [5.74, 6) is 0. The number of alkyl halides is 6. The summed E-state index contributed by atoms with van der Waals surface area (Å²) in [5, 5.41) is 11.1. The second kappa shape index (κ2) is 6.64. The SMILES string of the molecule is O=c1c(Br)c(C(F)(F)F)ncn1-c1c(Br)cc(C(F)(F)F)cc1[N+](=O)[O-]. The van der Waals surface area contributed by atoms with Crippen molar-refractivity contribution in [1.29, 1.82) is 0 Å². The number of hydrogen-bond donors (Lipinski definition) is 0. The van der Waals surface area contributed by atoms with E-state index < -0.39 is 54.4 Å². The molecule has 0 bridgehead atoms. The van der Waals surface area contributed by atoms with Gasteiger partial charge in [-0.05, 0) is 37.9 Å². The molecular formula is C12H3Br2F6N3O3. The van der Waals surface area contributed by atoms with Gasteiger partial charge in [0.15, 0.2) is 5.69 Å². The van der Waals surface area contributed by atoms with Gasteiger partial charge in [-0.3, -0.25) is 19.5 Å². The van der Waals surface area contributed by atoms with E-state index in [0.29, 0.717) is 17.0 Å². The van der Waals surface area contributed by atoms with Gasteiger partial charge in [0, 0.05) is 10.5 Å². The number of hydrogen-bond acceptors (Lipinski definition) is 4. The van der Waals surface area contributed by atoms with E-state index in [1.165, 1.54) is 0 Å². The van der Waals surface area contributed by atoms with Crippen molar-refractivity contribution < 1.29 is 31.3 Å². The first kappa shape index (κ1) is 20.4. The van der Waals surface area contributed by atoms with E-state index in [9.17, 15) is 41.3 Å². The molecule has 2 aromatic rings. The van der Waals surface area contributed by atoms with Gasteiger partial charge in [-0.25, -0.2) is 4.98 Å². The molecule has 0 radical (unpaired) electrons. The first-order valence-electron chi connectivity index (χ1n) is 6.15. The predicted molar refractivity (Wildman–Crippen MR) is 81.9 cm³/mol. The van der Waals surface area contributed by atoms with Crippen LogP contribution >= 0.6 is 31.9 Å². The Morgan fingerprint density at radius 3 is 2.12 bits per heavy atom. The largest absolute Gasteiger partial charge is 0.434 e. The molecule has 26 heavy (non-hydrogen) atoms. The molecule has 140 valence electrons. The summed E-state index contributed by atoms with van der Waals surface area (Å²) < 4.78 is 75.5. The molecule has 0 spiro atoms. The minimum atomic E-state index is -4.99. The molecule has 0 fully saturated rings. The molecule has 0 aliphatic rings. The topological polar surface area (TPSA) is 78.0 Å². The van der Waals surface area contributed by atoms with E-state index in [-0.39, 0.29) is 6.07 Å². The summed E-state index contributed by atoms with van der Waals surface area (Å²) in [6.07, 6.45) is -9.56. The summed E-state index contributed by atoms with van der Waals surface area (Å²) in [4.78, 5) is 25.1. The Bertz CT molecular complexity index is 955. The molecule has 0 N–H and O–H groups in total. The van der Waals surface area contributed by atoms with Gasteiger partial charge in [-0.1, -0.05) is 0 Å². The number of nitrogens with zero attached hydrogens (tertiary/aromatic N) is 3. The molecule has 1 aromatic carbocycles. The number of nitro benzene ring substituents is 1. The monoisotopic (exact) mass is 509 g/mol. The summed E-state index contributed by atoms with van der Waals surface area (Å²) >= 11 is 5.10. The minimum Gasteiger partial charge on any atom is -0.268 e. The zero-order valence-corrected chi connectivity index (χ0v) is 15.0. The lowest BCUT2D eigenvalue weighted by Gasteiger charge is -2.14. The average Bonchev–Trinajstić information content (AvgIpc) is 2.47. The normalized spacial score (nSPS) is 12.3. The molecule has 0 saturated carbocycles. The third-order valence-electron chi connectivity index (χ3n) is 2.99. The fourth-order valence-corrected chi connectivity index (χ4v) is 3.07. The molecule has 1 aromatic heterocycles. The Kier molecular flexibility index (Phi) is 5.20. The Labute approximate surface area is 155 Å². The highest BCUT2D eigenvalue weighted by atomic mass is 79.9. The van der Waals surface area contributed by atoms with Crippen molar-refractivity contribution in [2.24, 2.45) is 0 Å². The van der Waals surface area contributed by atoms with Crippen LogP contribution in [-0.4, -0.2) is 14.5 Å². The minimum absolute atomic E-state index is 0.165. The molecule has 0 atom stereocenters. The summed E-state index contributed by atoms with van der Waals surface area (Å²) in [5.41, 5.74) is -6.20. The standard InChI is InChI=1S/C12H3Br2F6N3O3/c13-5-1-4(11(15,16)17)2-6(23(25)26)8(5)22-3-21-9(12(18,19)20)7(14)10(22)24/h1-3H. The summed E-state index contributed by atoms with van der Waals surface area (Å²) in [6.45, 7) is 0. The van der Waals surface area contributed by atoms with Crippen LogP contribution < -0.4 is 5.56 Å². The molecule has 0 amide bonds. The van der Waals surface area contributed by atoms with Crippen molar-refractivity contribution in [3.05, 3.63) is 59.1 Å². The Hall–Kier alpha value is -1.96. The highest BCUT2D eigenvalue weighted by Gasteiger charge is 2.38. The maximum absolute atomic E-state index is 12.8. The van der Waals surface area contributed by atoms with E-state index in [1.807, 2.05) is 0 Å². The third kappa shape index (κ3) is 3.75. The van der Waals surface area contributed by atoms with Crippen LogP contribution in [0.5, 0.6) is 0 Å². The Morgan fingerprint density at radius 1 is 1.08 bits per heavy atom. The van der Waals surface area contributed by atoms with Crippen molar-refractivity contribution in [3.8, 4) is 5.69 Å². The molecule has 6 nitrogen and oxygen atoms in total. The maximum Gasteiger partial charge on any atom is 0.434 e. The quantitative estimate of drug-likeness (QED) is 0.333. The first-order chi connectivity index (χ1) is 11.7. The van der Waals surface area contributed by atoms with Crippen LogP contribution in [0.4, 0.5) is 32.0 Å². The van der Waals surface area contributed by atoms with Gasteiger partial charge in [0.1, 0.15) is 16.5 Å². The van der Waals surface area contributed by atoms with Crippen molar-refractivity contribution in [2.45, 2.75) is 12.4 Å². The molecule has 0 aliphatic heterocycles. The van der Waals surface area contributed by atoms with E-state index >= 15 is 0 Å². The zero-order chi connectivity index (χ0) is 20.0. The van der Waals surface area contributed by atoms with Crippen LogP contribution in [-0.2, 0) is 12.4 Å². The lowest BCUT2D eigenvalue weighted by Crippen LogP contribution is -2.25. The van der Waals surface area contributed by atoms with Crippen LogP contribution in [0.3, 0.4) is 0 Å². The highest BCUT2D eigenvalue weighted by Crippen LogP contribution is 2.39. The molecular weight excluding hydrogens is 508 g/mol. The van der Waals surface area contributed by atoms with Gasteiger partial charge in [0.05, 0.1) is 10.5 Å². The molecule has 0 aliphatic carbocycles. The zero-order valence-electron chi connectivity index (χ0n) is 11.8. The second-order valence-electron chi connectivity index (χ2n) is 4.66. The van der Waals surface area contributed by atoms with Crippen molar-refractivity contribution in [1.82, 2.24) is 9.55 Å². The Morgan fingerprint density at radius 2 is 1.65 bits per heavy atom. The van der Waals surface area contributed by atoms with Crippen LogP contribution in [0.1, 0.15) is 11.3 Å². The van der Waals surface area contributed by atoms with Crippen LogP contribution in [0.25, 0.3) is 5.69 Å². The molecule has 0 unspecified atom stereocenters. The predicted octanol–water partition coefficient (Wildman–Crippen LogP) is 4.70. The maximum atomic E-state index is 12.8. The number of nitro groups is 1. The number of halogens is 8. The van der Waals surface area contributed by atoms with Crippen molar-refractivity contribution >= 4 is 37.5 Å². The van der Waals surface area contributed by atoms with E-state index in [4.69, 9.17) is 0 Å². The van der Waals surface area contributed by atoms with E-state index in [1.54, 1.807) is 0 Å². The third-order valence-corrected chi connectivity index (χ3v) is 4.31. The number of benzene rings is 1. The van der Waals surface area contributed by atoms with E-state index in [2.05, 4.69) is 36.8 Å². The summed E-state index contributed by atoms with van der Waals surface area (Å²) in [7, 11) is 0. The van der Waals surface area contributed by atoms with Crippen LogP contribution in [0, 0.1) is 10.1 Å². The molecule has 2 rings (SSSR count). The van der Waals surface area contributed by atoms with Crippen LogP contribution in [0.2, 0.25) is 0 Å². The summed E-state index contributed by atoms with van der Waals surface area (Å²) in [6, 6.07) is 0.623. The molecule has 0 saturated heterocycles.